The zero-order valence-corrected chi connectivity index (χ0v) is 13.4. The second kappa shape index (κ2) is 6.40. The number of carbonyl (C=O) groups excluding carboxylic acids is 1. The number of carbonyl (C=O) groups is 1. The lowest BCUT2D eigenvalue weighted by Crippen LogP contribution is -2.42. The van der Waals surface area contributed by atoms with E-state index in [4.69, 9.17) is 5.73 Å². The van der Waals surface area contributed by atoms with Crippen LogP contribution in [0.1, 0.15) is 52.6 Å². The van der Waals surface area contributed by atoms with Crippen LogP contribution in [0.2, 0.25) is 0 Å². The molecule has 0 heterocycles. The second-order valence-electron chi connectivity index (χ2n) is 7.36. The molecular formula is C17H28N2O. The highest BCUT2D eigenvalue weighted by atomic mass is 16.1. The number of hydrogen-bond acceptors (Lipinski definition) is 2. The minimum absolute atomic E-state index is 0.213. The number of nitrogens with one attached hydrogen (secondary N) is 1. The summed E-state index contributed by atoms with van der Waals surface area (Å²) in [6.45, 7) is 11.0. The van der Waals surface area contributed by atoms with Crippen LogP contribution in [-0.2, 0) is 4.79 Å². The normalized spacial score (nSPS) is 14.1. The summed E-state index contributed by atoms with van der Waals surface area (Å²) in [6.07, 6.45) is 1.01. The van der Waals surface area contributed by atoms with Crippen molar-refractivity contribution in [3.63, 3.8) is 0 Å². The fraction of sp³-hybridized carbons (Fsp3) is 0.588. The molecule has 0 fully saturated rings. The summed E-state index contributed by atoms with van der Waals surface area (Å²) in [6, 6.07) is 10.6. The minimum atomic E-state index is -0.537. The molecule has 0 spiro atoms. The lowest BCUT2D eigenvalue weighted by molar-refractivity contribution is -0.125. The molecule has 0 aromatic heterocycles. The van der Waals surface area contributed by atoms with Gasteiger partial charge in [0.25, 0.3) is 0 Å². The summed E-state index contributed by atoms with van der Waals surface area (Å²) in [4.78, 5) is 11.4. The Morgan fingerprint density at radius 2 is 1.70 bits per heavy atom. The standard InChI is InChI=1S/C17H28N2O/c1-16(2,3)11-14(13-9-7-6-8-10-13)19-12-17(4,5)15(18)20/h6-10,14,19H,11-12H2,1-5H3,(H2,18,20). The van der Waals surface area contributed by atoms with E-state index in [9.17, 15) is 4.79 Å². The zero-order valence-electron chi connectivity index (χ0n) is 13.4. The topological polar surface area (TPSA) is 55.1 Å². The molecule has 3 nitrogen and oxygen atoms in total. The molecule has 0 aliphatic heterocycles. The first-order valence-corrected chi connectivity index (χ1v) is 7.20. The Labute approximate surface area is 122 Å². The number of nitrogens with two attached hydrogens (primary N) is 1. The molecule has 0 saturated carbocycles. The Kier molecular flexibility index (Phi) is 5.35. The van der Waals surface area contributed by atoms with Gasteiger partial charge in [0.1, 0.15) is 0 Å². The van der Waals surface area contributed by atoms with Gasteiger partial charge in [-0.1, -0.05) is 51.1 Å². The van der Waals surface area contributed by atoms with Crippen LogP contribution in [0.25, 0.3) is 0 Å². The maximum Gasteiger partial charge on any atom is 0.224 e. The van der Waals surface area contributed by atoms with E-state index in [1.807, 2.05) is 32.0 Å². The van der Waals surface area contributed by atoms with Gasteiger partial charge in [-0.05, 0) is 31.2 Å². The number of rotatable bonds is 6. The Morgan fingerprint density at radius 1 is 1.15 bits per heavy atom. The first-order valence-electron chi connectivity index (χ1n) is 7.20. The molecule has 112 valence electrons. The van der Waals surface area contributed by atoms with Gasteiger partial charge in [-0.2, -0.15) is 0 Å². The molecule has 0 aliphatic rings. The third-order valence-electron chi connectivity index (χ3n) is 3.48. The number of benzene rings is 1. The van der Waals surface area contributed by atoms with Gasteiger partial charge in [-0.25, -0.2) is 0 Å². The Morgan fingerprint density at radius 3 is 2.15 bits per heavy atom. The van der Waals surface area contributed by atoms with E-state index in [1.54, 1.807) is 0 Å². The van der Waals surface area contributed by atoms with Crippen LogP contribution in [0.3, 0.4) is 0 Å². The highest BCUT2D eigenvalue weighted by molar-refractivity contribution is 5.80. The van der Waals surface area contributed by atoms with Crippen molar-refractivity contribution in [3.05, 3.63) is 35.9 Å². The van der Waals surface area contributed by atoms with E-state index in [0.717, 1.165) is 6.42 Å². The van der Waals surface area contributed by atoms with E-state index in [2.05, 4.69) is 38.2 Å². The predicted octanol–water partition coefficient (Wildman–Crippen LogP) is 3.27. The largest absolute Gasteiger partial charge is 0.369 e. The fourth-order valence-electron chi connectivity index (χ4n) is 2.07. The molecule has 1 aromatic rings. The fourth-order valence-corrected chi connectivity index (χ4v) is 2.07. The van der Waals surface area contributed by atoms with Crippen LogP contribution < -0.4 is 11.1 Å². The summed E-state index contributed by atoms with van der Waals surface area (Å²) in [5.74, 6) is -0.271. The molecule has 0 saturated heterocycles. The van der Waals surface area contributed by atoms with Gasteiger partial charge >= 0.3 is 0 Å². The van der Waals surface area contributed by atoms with E-state index in [1.165, 1.54) is 5.56 Å². The predicted molar refractivity (Wildman–Crippen MR) is 84.2 cm³/mol. The van der Waals surface area contributed by atoms with Crippen molar-refractivity contribution in [2.24, 2.45) is 16.6 Å². The van der Waals surface area contributed by atoms with Crippen molar-refractivity contribution in [1.82, 2.24) is 5.32 Å². The van der Waals surface area contributed by atoms with Crippen LogP contribution in [0.4, 0.5) is 0 Å². The highest BCUT2D eigenvalue weighted by Gasteiger charge is 2.27. The Balaban J connectivity index is 2.82. The molecule has 0 bridgehead atoms. The zero-order chi connectivity index (χ0) is 15.4. The van der Waals surface area contributed by atoms with Crippen LogP contribution >= 0.6 is 0 Å². The lowest BCUT2D eigenvalue weighted by atomic mass is 9.84. The first-order chi connectivity index (χ1) is 9.12. The SMILES string of the molecule is CC(C)(C)CC(NCC(C)(C)C(N)=O)c1ccccc1. The molecule has 20 heavy (non-hydrogen) atoms. The van der Waals surface area contributed by atoms with Crippen molar-refractivity contribution in [1.29, 1.82) is 0 Å². The summed E-state index contributed by atoms with van der Waals surface area (Å²) in [7, 11) is 0. The van der Waals surface area contributed by atoms with Gasteiger partial charge in [0, 0.05) is 12.6 Å². The average Bonchev–Trinajstić information content (AvgIpc) is 2.34. The molecular weight excluding hydrogens is 248 g/mol. The summed E-state index contributed by atoms with van der Waals surface area (Å²) in [5.41, 5.74) is 6.37. The lowest BCUT2D eigenvalue weighted by Gasteiger charge is -2.30. The van der Waals surface area contributed by atoms with Gasteiger partial charge < -0.3 is 11.1 Å². The highest BCUT2D eigenvalue weighted by Crippen LogP contribution is 2.30. The smallest absolute Gasteiger partial charge is 0.224 e. The third-order valence-corrected chi connectivity index (χ3v) is 3.48. The molecule has 1 aromatic carbocycles. The molecule has 1 rings (SSSR count). The van der Waals surface area contributed by atoms with Crippen molar-refractivity contribution < 1.29 is 4.79 Å². The molecule has 1 amide bonds. The van der Waals surface area contributed by atoms with Gasteiger partial charge in [0.2, 0.25) is 5.91 Å². The summed E-state index contributed by atoms with van der Waals surface area (Å²) < 4.78 is 0. The molecule has 3 heteroatoms. The molecule has 0 radical (unpaired) electrons. The van der Waals surface area contributed by atoms with Gasteiger partial charge in [0.05, 0.1) is 5.41 Å². The van der Waals surface area contributed by atoms with Crippen molar-refractivity contribution in [3.8, 4) is 0 Å². The van der Waals surface area contributed by atoms with Gasteiger partial charge in [0.15, 0.2) is 0 Å². The number of hydrogen-bond donors (Lipinski definition) is 2. The number of amides is 1. The quantitative estimate of drug-likeness (QED) is 0.838. The van der Waals surface area contributed by atoms with Gasteiger partial charge in [-0.15, -0.1) is 0 Å². The van der Waals surface area contributed by atoms with E-state index in [0.29, 0.717) is 6.54 Å². The molecule has 3 N–H and O–H groups in total. The van der Waals surface area contributed by atoms with Crippen molar-refractivity contribution in [2.45, 2.75) is 47.1 Å². The minimum Gasteiger partial charge on any atom is -0.369 e. The van der Waals surface area contributed by atoms with Crippen LogP contribution in [-0.4, -0.2) is 12.5 Å². The molecule has 1 atom stereocenters. The van der Waals surface area contributed by atoms with Crippen LogP contribution in [0.5, 0.6) is 0 Å². The van der Waals surface area contributed by atoms with E-state index < -0.39 is 5.41 Å². The van der Waals surface area contributed by atoms with E-state index >= 15 is 0 Å². The Hall–Kier alpha value is -1.35. The van der Waals surface area contributed by atoms with Crippen molar-refractivity contribution in [2.75, 3.05) is 6.54 Å². The first kappa shape index (κ1) is 16.7. The second-order valence-corrected chi connectivity index (χ2v) is 7.36. The maximum atomic E-state index is 11.4. The third kappa shape index (κ3) is 5.33. The van der Waals surface area contributed by atoms with Crippen LogP contribution in [0, 0.1) is 10.8 Å². The summed E-state index contributed by atoms with van der Waals surface area (Å²) >= 11 is 0. The van der Waals surface area contributed by atoms with Crippen LogP contribution in [0.15, 0.2) is 30.3 Å². The Bertz CT molecular complexity index is 432. The maximum absolute atomic E-state index is 11.4. The molecule has 0 aliphatic carbocycles. The van der Waals surface area contributed by atoms with Crippen molar-refractivity contribution >= 4 is 5.91 Å². The van der Waals surface area contributed by atoms with E-state index in [-0.39, 0.29) is 17.4 Å². The number of primary amides is 1. The average molecular weight is 276 g/mol. The summed E-state index contributed by atoms with van der Waals surface area (Å²) in [5, 5.41) is 3.51. The molecule has 1 unspecified atom stereocenters. The monoisotopic (exact) mass is 276 g/mol. The van der Waals surface area contributed by atoms with Gasteiger partial charge in [-0.3, -0.25) is 4.79 Å².